The van der Waals surface area contributed by atoms with Gasteiger partial charge in [0, 0.05) is 13.1 Å². The Bertz CT molecular complexity index is 1120. The minimum absolute atomic E-state index is 0.197. The Labute approximate surface area is 157 Å². The third kappa shape index (κ3) is 2.81. The van der Waals surface area contributed by atoms with Crippen LogP contribution in [0.3, 0.4) is 0 Å². The van der Waals surface area contributed by atoms with Crippen LogP contribution in [0.15, 0.2) is 66.0 Å². The number of halogens is 3. The zero-order valence-electron chi connectivity index (χ0n) is 14.7. The molecule has 1 aliphatic rings. The molecular formula is C20H16F3N3O2. The zero-order valence-corrected chi connectivity index (χ0v) is 14.7. The maximum atomic E-state index is 13.1. The Balaban J connectivity index is 1.79. The van der Waals surface area contributed by atoms with Crippen LogP contribution in [0.5, 0.6) is 0 Å². The summed E-state index contributed by atoms with van der Waals surface area (Å²) >= 11 is 0. The lowest BCUT2D eigenvalue weighted by atomic mass is 10.1. The molecule has 3 aromatic rings. The topological polar surface area (TPSA) is 47.2 Å². The molecule has 8 heteroatoms. The molecule has 5 nitrogen and oxygen atoms in total. The van der Waals surface area contributed by atoms with Crippen LogP contribution < -0.4 is 5.69 Å². The predicted octanol–water partition coefficient (Wildman–Crippen LogP) is 3.38. The molecule has 0 aliphatic carbocycles. The number of carbonyl (C=O) groups is 1. The van der Waals surface area contributed by atoms with Crippen LogP contribution in [0, 0.1) is 0 Å². The molecule has 1 aliphatic heterocycles. The van der Waals surface area contributed by atoms with E-state index < -0.39 is 11.7 Å². The number of amides is 1. The van der Waals surface area contributed by atoms with E-state index in [2.05, 4.69) is 6.58 Å². The molecule has 1 amide bonds. The van der Waals surface area contributed by atoms with Crippen molar-refractivity contribution in [1.29, 1.82) is 0 Å². The minimum Gasteiger partial charge on any atom is -0.335 e. The lowest BCUT2D eigenvalue weighted by Crippen LogP contribution is -2.52. The molecule has 1 saturated heterocycles. The zero-order chi connectivity index (χ0) is 20.1. The third-order valence-corrected chi connectivity index (χ3v) is 4.95. The van der Waals surface area contributed by atoms with Crippen LogP contribution in [0.25, 0.3) is 16.7 Å². The van der Waals surface area contributed by atoms with E-state index in [9.17, 15) is 22.8 Å². The second-order valence-corrected chi connectivity index (χ2v) is 6.62. The van der Waals surface area contributed by atoms with E-state index in [-0.39, 0.29) is 17.6 Å². The van der Waals surface area contributed by atoms with Gasteiger partial charge in [-0.05, 0) is 42.5 Å². The maximum Gasteiger partial charge on any atom is 0.416 e. The first-order valence-corrected chi connectivity index (χ1v) is 8.62. The van der Waals surface area contributed by atoms with E-state index in [0.29, 0.717) is 29.8 Å². The highest BCUT2D eigenvalue weighted by Gasteiger charge is 2.34. The first kappa shape index (κ1) is 18.1. The Hall–Kier alpha value is -3.29. The van der Waals surface area contributed by atoms with Crippen molar-refractivity contribution in [3.8, 4) is 5.69 Å². The van der Waals surface area contributed by atoms with Gasteiger partial charge in [0.1, 0.15) is 0 Å². The average Bonchev–Trinajstić information content (AvgIpc) is 2.92. The number of hydrogen-bond donors (Lipinski definition) is 0. The number of nitrogens with zero attached hydrogens (tertiary/aromatic N) is 3. The maximum absolute atomic E-state index is 13.1. The molecule has 28 heavy (non-hydrogen) atoms. The van der Waals surface area contributed by atoms with E-state index in [4.69, 9.17) is 0 Å². The lowest BCUT2D eigenvalue weighted by Gasteiger charge is -2.39. The summed E-state index contributed by atoms with van der Waals surface area (Å²) in [6, 6.07) is 11.4. The Morgan fingerprint density at radius 1 is 1.04 bits per heavy atom. The van der Waals surface area contributed by atoms with Gasteiger partial charge in [-0.3, -0.25) is 13.9 Å². The molecule has 0 saturated carbocycles. The number of para-hydroxylation sites is 2. The molecule has 1 fully saturated rings. The van der Waals surface area contributed by atoms with Gasteiger partial charge < -0.3 is 4.90 Å². The fourth-order valence-electron chi connectivity index (χ4n) is 3.50. The molecule has 2 aromatic carbocycles. The predicted molar refractivity (Wildman–Crippen MR) is 98.4 cm³/mol. The quantitative estimate of drug-likeness (QED) is 0.647. The molecule has 4 rings (SSSR count). The monoisotopic (exact) mass is 387 g/mol. The van der Waals surface area contributed by atoms with E-state index >= 15 is 0 Å². The third-order valence-electron chi connectivity index (χ3n) is 4.95. The minimum atomic E-state index is -4.44. The summed E-state index contributed by atoms with van der Waals surface area (Å²) < 4.78 is 41.5. The first-order valence-electron chi connectivity index (χ1n) is 8.62. The van der Waals surface area contributed by atoms with Gasteiger partial charge in [0.15, 0.2) is 0 Å². The highest BCUT2D eigenvalue weighted by Crippen LogP contribution is 2.30. The average molecular weight is 387 g/mol. The summed E-state index contributed by atoms with van der Waals surface area (Å²) in [5.41, 5.74) is 0.498. The van der Waals surface area contributed by atoms with Gasteiger partial charge >= 0.3 is 11.9 Å². The van der Waals surface area contributed by atoms with Gasteiger partial charge in [0.2, 0.25) is 5.91 Å². The number of hydrogen-bond acceptors (Lipinski definition) is 2. The van der Waals surface area contributed by atoms with E-state index in [0.717, 1.165) is 12.1 Å². The number of alkyl halides is 3. The Morgan fingerprint density at radius 2 is 1.64 bits per heavy atom. The fourth-order valence-corrected chi connectivity index (χ4v) is 3.50. The molecule has 0 N–H and O–H groups in total. The molecule has 0 atom stereocenters. The normalized spacial score (nSPS) is 14.9. The summed E-state index contributed by atoms with van der Waals surface area (Å²) in [6.07, 6.45) is -3.21. The molecule has 0 radical (unpaired) electrons. The van der Waals surface area contributed by atoms with Crippen molar-refractivity contribution in [2.75, 3.05) is 13.1 Å². The van der Waals surface area contributed by atoms with Gasteiger partial charge in [-0.25, -0.2) is 4.79 Å². The summed E-state index contributed by atoms with van der Waals surface area (Å²) in [5, 5.41) is 0. The summed E-state index contributed by atoms with van der Waals surface area (Å²) in [7, 11) is 0. The number of aromatic nitrogens is 2. The number of fused-ring (bicyclic) bond motifs is 1. The van der Waals surface area contributed by atoms with Gasteiger partial charge in [0.25, 0.3) is 0 Å². The summed E-state index contributed by atoms with van der Waals surface area (Å²) in [6.45, 7) is 4.21. The van der Waals surface area contributed by atoms with E-state index in [1.807, 2.05) is 0 Å². The number of benzene rings is 2. The van der Waals surface area contributed by atoms with Crippen LogP contribution in [0.1, 0.15) is 11.6 Å². The van der Waals surface area contributed by atoms with Crippen LogP contribution in [-0.2, 0) is 11.0 Å². The smallest absolute Gasteiger partial charge is 0.335 e. The van der Waals surface area contributed by atoms with Crippen LogP contribution in [-0.4, -0.2) is 33.0 Å². The molecule has 144 valence electrons. The van der Waals surface area contributed by atoms with Crippen molar-refractivity contribution in [2.45, 2.75) is 12.2 Å². The molecule has 0 spiro atoms. The fraction of sp³-hybridized carbons (Fsp3) is 0.200. The SMILES string of the molecule is C=CC(=O)N1CC(n2c(=O)n(-c3ccc(C(F)(F)F)cc3)c3ccccc32)C1. The van der Waals surface area contributed by atoms with Gasteiger partial charge in [0.05, 0.1) is 28.3 Å². The Morgan fingerprint density at radius 3 is 2.21 bits per heavy atom. The molecule has 0 bridgehead atoms. The van der Waals surface area contributed by atoms with Gasteiger partial charge in [-0.2, -0.15) is 13.2 Å². The second-order valence-electron chi connectivity index (χ2n) is 6.62. The highest BCUT2D eigenvalue weighted by molar-refractivity contribution is 5.87. The number of likely N-dealkylation sites (tertiary alicyclic amines) is 1. The lowest BCUT2D eigenvalue weighted by molar-refractivity contribution is -0.137. The van der Waals surface area contributed by atoms with Crippen molar-refractivity contribution < 1.29 is 18.0 Å². The summed E-state index contributed by atoms with van der Waals surface area (Å²) in [5.74, 6) is -0.198. The molecule has 0 unspecified atom stereocenters. The molecular weight excluding hydrogens is 371 g/mol. The van der Waals surface area contributed by atoms with Crippen LogP contribution >= 0.6 is 0 Å². The van der Waals surface area contributed by atoms with Crippen LogP contribution in [0.4, 0.5) is 13.2 Å². The number of rotatable bonds is 3. The standard InChI is InChI=1S/C20H16F3N3O2/c1-2-18(27)24-11-15(12-24)26-17-6-4-3-5-16(17)25(19(26)28)14-9-7-13(8-10-14)20(21,22)23/h2-10,15H,1,11-12H2. The van der Waals surface area contributed by atoms with Crippen molar-refractivity contribution in [2.24, 2.45) is 0 Å². The molecule has 2 heterocycles. The van der Waals surface area contributed by atoms with Gasteiger partial charge in [-0.15, -0.1) is 0 Å². The largest absolute Gasteiger partial charge is 0.416 e. The first-order chi connectivity index (χ1) is 13.3. The number of imidazole rings is 1. The molecule has 1 aromatic heterocycles. The van der Waals surface area contributed by atoms with Crippen molar-refractivity contribution in [3.63, 3.8) is 0 Å². The number of carbonyl (C=O) groups excluding carboxylic acids is 1. The Kier molecular flexibility index (Phi) is 4.14. The second kappa shape index (κ2) is 6.40. The van der Waals surface area contributed by atoms with Crippen molar-refractivity contribution >= 4 is 16.9 Å². The highest BCUT2D eigenvalue weighted by atomic mass is 19.4. The van der Waals surface area contributed by atoms with E-state index in [1.165, 1.54) is 22.8 Å². The summed E-state index contributed by atoms with van der Waals surface area (Å²) in [4.78, 5) is 26.4. The van der Waals surface area contributed by atoms with Crippen molar-refractivity contribution in [3.05, 3.63) is 77.2 Å². The van der Waals surface area contributed by atoms with Crippen LogP contribution in [0.2, 0.25) is 0 Å². The van der Waals surface area contributed by atoms with Gasteiger partial charge in [-0.1, -0.05) is 18.7 Å². The van der Waals surface area contributed by atoms with E-state index in [1.54, 1.807) is 33.7 Å². The van der Waals surface area contributed by atoms with Crippen molar-refractivity contribution in [1.82, 2.24) is 14.0 Å².